The lowest BCUT2D eigenvalue weighted by atomic mass is 9.84. The molecule has 1 aliphatic rings. The van der Waals surface area contributed by atoms with E-state index >= 15 is 0 Å². The third kappa shape index (κ3) is 3.73. The molecule has 1 atom stereocenters. The molecule has 0 heterocycles. The summed E-state index contributed by atoms with van der Waals surface area (Å²) in [7, 11) is 0. The molecular weight excluding hydrogens is 234 g/mol. The molecule has 1 aromatic carbocycles. The Hall–Kier alpha value is -1.02. The van der Waals surface area contributed by atoms with Gasteiger partial charge in [0.1, 0.15) is 12.4 Å². The van der Waals surface area contributed by atoms with Crippen molar-refractivity contribution in [2.45, 2.75) is 58.9 Å². The molecule has 0 saturated heterocycles. The van der Waals surface area contributed by atoms with Gasteiger partial charge in [-0.05, 0) is 50.7 Å². The summed E-state index contributed by atoms with van der Waals surface area (Å²) in [6, 6.07) is 4.53. The maximum atomic E-state index is 6.30. The molecule has 1 unspecified atom stereocenters. The van der Waals surface area contributed by atoms with Gasteiger partial charge < -0.3 is 10.5 Å². The Morgan fingerprint density at radius 3 is 2.26 bits per heavy atom. The van der Waals surface area contributed by atoms with E-state index < -0.39 is 0 Å². The van der Waals surface area contributed by atoms with Crippen LogP contribution in [0.2, 0.25) is 0 Å². The minimum Gasteiger partial charge on any atom is -0.491 e. The van der Waals surface area contributed by atoms with Crippen LogP contribution in [0.1, 0.15) is 48.8 Å². The van der Waals surface area contributed by atoms with Crippen molar-refractivity contribution in [2.75, 3.05) is 6.61 Å². The second-order valence-electron chi connectivity index (χ2n) is 6.10. The van der Waals surface area contributed by atoms with Crippen LogP contribution in [0.4, 0.5) is 0 Å². The zero-order valence-corrected chi connectivity index (χ0v) is 12.5. The maximum absolute atomic E-state index is 6.30. The average Bonchev–Trinajstić information content (AvgIpc) is 2.38. The Labute approximate surface area is 117 Å². The van der Waals surface area contributed by atoms with E-state index in [4.69, 9.17) is 10.5 Å². The van der Waals surface area contributed by atoms with Gasteiger partial charge in [0.25, 0.3) is 0 Å². The molecule has 0 spiro atoms. The second-order valence-corrected chi connectivity index (χ2v) is 6.10. The van der Waals surface area contributed by atoms with Crippen LogP contribution in [0.25, 0.3) is 0 Å². The standard InChI is InChI=1S/C17H27NO/c1-12-9-13(2)17(14(3)10-12)19-11-16(18)15-7-5-4-6-8-15/h9-10,15-16H,4-8,11,18H2,1-3H3. The van der Waals surface area contributed by atoms with Gasteiger partial charge in [-0.2, -0.15) is 0 Å². The zero-order chi connectivity index (χ0) is 13.8. The summed E-state index contributed by atoms with van der Waals surface area (Å²) < 4.78 is 6.01. The number of nitrogens with two attached hydrogens (primary N) is 1. The number of rotatable bonds is 4. The third-order valence-electron chi connectivity index (χ3n) is 4.28. The van der Waals surface area contributed by atoms with Gasteiger partial charge in [-0.15, -0.1) is 0 Å². The van der Waals surface area contributed by atoms with Gasteiger partial charge in [0.2, 0.25) is 0 Å². The van der Waals surface area contributed by atoms with E-state index in [1.165, 1.54) is 48.8 Å². The summed E-state index contributed by atoms with van der Waals surface area (Å²) in [4.78, 5) is 0. The predicted octanol–water partition coefficient (Wildman–Crippen LogP) is 3.90. The fraction of sp³-hybridized carbons (Fsp3) is 0.647. The van der Waals surface area contributed by atoms with Gasteiger partial charge in [-0.3, -0.25) is 0 Å². The molecule has 2 N–H and O–H groups in total. The summed E-state index contributed by atoms with van der Waals surface area (Å²) in [6.07, 6.45) is 6.59. The SMILES string of the molecule is Cc1cc(C)c(OCC(N)C2CCCCC2)c(C)c1. The first kappa shape index (κ1) is 14.4. The topological polar surface area (TPSA) is 35.2 Å². The molecule has 2 nitrogen and oxygen atoms in total. The molecule has 2 rings (SSSR count). The Bertz CT molecular complexity index is 398. The van der Waals surface area contributed by atoms with Crippen LogP contribution in [-0.2, 0) is 0 Å². The number of hydrogen-bond donors (Lipinski definition) is 1. The van der Waals surface area contributed by atoms with Crippen molar-refractivity contribution in [2.24, 2.45) is 11.7 Å². The van der Waals surface area contributed by atoms with E-state index in [1.54, 1.807) is 0 Å². The molecular formula is C17H27NO. The van der Waals surface area contributed by atoms with Crippen LogP contribution < -0.4 is 10.5 Å². The van der Waals surface area contributed by atoms with Crippen molar-refractivity contribution in [3.63, 3.8) is 0 Å². The highest BCUT2D eigenvalue weighted by Crippen LogP contribution is 2.28. The largest absolute Gasteiger partial charge is 0.491 e. The fourth-order valence-electron chi connectivity index (χ4n) is 3.27. The van der Waals surface area contributed by atoms with Crippen LogP contribution in [0.15, 0.2) is 12.1 Å². The van der Waals surface area contributed by atoms with Crippen LogP contribution in [0, 0.1) is 26.7 Å². The molecule has 0 aromatic heterocycles. The van der Waals surface area contributed by atoms with Crippen molar-refractivity contribution in [1.82, 2.24) is 0 Å². The first-order chi connectivity index (χ1) is 9.08. The monoisotopic (exact) mass is 261 g/mol. The lowest BCUT2D eigenvalue weighted by Gasteiger charge is -2.27. The first-order valence-electron chi connectivity index (χ1n) is 7.54. The molecule has 1 aliphatic carbocycles. The summed E-state index contributed by atoms with van der Waals surface area (Å²) in [5, 5.41) is 0. The highest BCUT2D eigenvalue weighted by atomic mass is 16.5. The summed E-state index contributed by atoms with van der Waals surface area (Å²) in [5.41, 5.74) is 10.0. The summed E-state index contributed by atoms with van der Waals surface area (Å²) in [5.74, 6) is 1.68. The summed E-state index contributed by atoms with van der Waals surface area (Å²) >= 11 is 0. The third-order valence-corrected chi connectivity index (χ3v) is 4.28. The molecule has 0 amide bonds. The maximum Gasteiger partial charge on any atom is 0.125 e. The molecule has 106 valence electrons. The minimum absolute atomic E-state index is 0.181. The van der Waals surface area contributed by atoms with E-state index in [-0.39, 0.29) is 6.04 Å². The van der Waals surface area contributed by atoms with Crippen molar-refractivity contribution in [3.05, 3.63) is 28.8 Å². The lowest BCUT2D eigenvalue weighted by molar-refractivity contribution is 0.212. The molecule has 19 heavy (non-hydrogen) atoms. The van der Waals surface area contributed by atoms with Crippen LogP contribution in [0.5, 0.6) is 5.75 Å². The minimum atomic E-state index is 0.181. The quantitative estimate of drug-likeness (QED) is 0.892. The van der Waals surface area contributed by atoms with E-state index in [2.05, 4.69) is 32.9 Å². The van der Waals surface area contributed by atoms with Gasteiger partial charge in [0.15, 0.2) is 0 Å². The molecule has 2 heteroatoms. The Kier molecular flexibility index (Phi) is 4.87. The lowest BCUT2D eigenvalue weighted by Crippen LogP contribution is -2.37. The average molecular weight is 261 g/mol. The van der Waals surface area contributed by atoms with Gasteiger partial charge in [0, 0.05) is 6.04 Å². The van der Waals surface area contributed by atoms with Crippen molar-refractivity contribution < 1.29 is 4.74 Å². The highest BCUT2D eigenvalue weighted by molar-refractivity contribution is 5.42. The van der Waals surface area contributed by atoms with Crippen LogP contribution in [-0.4, -0.2) is 12.6 Å². The predicted molar refractivity (Wildman–Crippen MR) is 80.7 cm³/mol. The molecule has 1 fully saturated rings. The normalized spacial score (nSPS) is 18.3. The van der Waals surface area contributed by atoms with Gasteiger partial charge in [0.05, 0.1) is 0 Å². The van der Waals surface area contributed by atoms with E-state index in [1.807, 2.05) is 0 Å². The fourth-order valence-corrected chi connectivity index (χ4v) is 3.27. The molecule has 0 bridgehead atoms. The number of ether oxygens (including phenoxy) is 1. The van der Waals surface area contributed by atoms with Crippen LogP contribution >= 0.6 is 0 Å². The molecule has 0 aliphatic heterocycles. The van der Waals surface area contributed by atoms with E-state index in [0.29, 0.717) is 12.5 Å². The van der Waals surface area contributed by atoms with Crippen LogP contribution in [0.3, 0.4) is 0 Å². The van der Waals surface area contributed by atoms with Gasteiger partial charge in [-0.25, -0.2) is 0 Å². The Morgan fingerprint density at radius 1 is 1.11 bits per heavy atom. The molecule has 1 saturated carbocycles. The van der Waals surface area contributed by atoms with Gasteiger partial charge in [-0.1, -0.05) is 37.0 Å². The highest BCUT2D eigenvalue weighted by Gasteiger charge is 2.21. The van der Waals surface area contributed by atoms with E-state index in [0.717, 1.165) is 5.75 Å². The first-order valence-corrected chi connectivity index (χ1v) is 7.54. The zero-order valence-electron chi connectivity index (χ0n) is 12.5. The Morgan fingerprint density at radius 2 is 1.68 bits per heavy atom. The van der Waals surface area contributed by atoms with Gasteiger partial charge >= 0.3 is 0 Å². The second kappa shape index (κ2) is 6.42. The molecule has 1 aromatic rings. The summed E-state index contributed by atoms with van der Waals surface area (Å²) in [6.45, 7) is 7.00. The smallest absolute Gasteiger partial charge is 0.125 e. The number of hydrogen-bond acceptors (Lipinski definition) is 2. The Balaban J connectivity index is 1.94. The number of aryl methyl sites for hydroxylation is 3. The number of benzene rings is 1. The van der Waals surface area contributed by atoms with Crippen molar-refractivity contribution >= 4 is 0 Å². The molecule has 0 radical (unpaired) electrons. The van der Waals surface area contributed by atoms with Crippen molar-refractivity contribution in [3.8, 4) is 5.75 Å². The van der Waals surface area contributed by atoms with E-state index in [9.17, 15) is 0 Å². The van der Waals surface area contributed by atoms with Crippen molar-refractivity contribution in [1.29, 1.82) is 0 Å².